The SMILES string of the molecule is CCC(=O)N(c1ccccc1)[C@]1(C(=O)OC)CCN(CC(O)c2ccccc2)C[C@H]1C. The highest BCUT2D eigenvalue weighted by Gasteiger charge is 2.54. The number of methoxy groups -OCH3 is 1. The molecule has 0 spiro atoms. The number of aliphatic hydroxyl groups is 1. The molecule has 0 bridgehead atoms. The van der Waals surface area contributed by atoms with Crippen LogP contribution in [-0.2, 0) is 14.3 Å². The molecule has 1 fully saturated rings. The van der Waals surface area contributed by atoms with E-state index in [1.54, 1.807) is 11.8 Å². The fourth-order valence-electron chi connectivity index (χ4n) is 4.63. The number of ether oxygens (including phenoxy) is 1. The van der Waals surface area contributed by atoms with E-state index in [0.29, 0.717) is 31.7 Å². The van der Waals surface area contributed by atoms with Gasteiger partial charge >= 0.3 is 5.97 Å². The molecule has 1 aliphatic heterocycles. The average molecular weight is 425 g/mol. The second-order valence-electron chi connectivity index (χ2n) is 8.17. The van der Waals surface area contributed by atoms with Crippen LogP contribution in [0, 0.1) is 5.92 Å². The van der Waals surface area contributed by atoms with E-state index in [9.17, 15) is 14.7 Å². The maximum atomic E-state index is 13.2. The molecule has 1 N–H and O–H groups in total. The predicted molar refractivity (Wildman–Crippen MR) is 121 cm³/mol. The molecule has 6 heteroatoms. The first-order chi connectivity index (χ1) is 14.9. The van der Waals surface area contributed by atoms with Crippen molar-refractivity contribution in [2.24, 2.45) is 5.92 Å². The van der Waals surface area contributed by atoms with Gasteiger partial charge in [0, 0.05) is 37.7 Å². The van der Waals surface area contributed by atoms with Crippen molar-refractivity contribution in [1.82, 2.24) is 4.90 Å². The molecular formula is C25H32N2O4. The molecule has 0 aromatic heterocycles. The molecule has 1 saturated heterocycles. The first kappa shape index (κ1) is 23.0. The highest BCUT2D eigenvalue weighted by molar-refractivity contribution is 6.02. The van der Waals surface area contributed by atoms with E-state index >= 15 is 0 Å². The lowest BCUT2D eigenvalue weighted by Crippen LogP contribution is -2.67. The number of aliphatic hydroxyl groups excluding tert-OH is 1. The number of piperidine rings is 1. The van der Waals surface area contributed by atoms with Gasteiger partial charge in [-0.25, -0.2) is 4.79 Å². The maximum absolute atomic E-state index is 13.2. The minimum atomic E-state index is -1.09. The lowest BCUT2D eigenvalue weighted by molar-refractivity contribution is -0.153. The van der Waals surface area contributed by atoms with Crippen molar-refractivity contribution >= 4 is 17.6 Å². The van der Waals surface area contributed by atoms with E-state index in [-0.39, 0.29) is 18.2 Å². The van der Waals surface area contributed by atoms with Gasteiger partial charge < -0.3 is 9.84 Å². The zero-order valence-corrected chi connectivity index (χ0v) is 18.5. The second-order valence-corrected chi connectivity index (χ2v) is 8.17. The van der Waals surface area contributed by atoms with Gasteiger partial charge in [0.05, 0.1) is 13.2 Å². The summed E-state index contributed by atoms with van der Waals surface area (Å²) >= 11 is 0. The Morgan fingerprint density at radius 2 is 1.77 bits per heavy atom. The van der Waals surface area contributed by atoms with E-state index in [1.165, 1.54) is 7.11 Å². The van der Waals surface area contributed by atoms with Crippen LogP contribution in [0.1, 0.15) is 38.4 Å². The number of esters is 1. The van der Waals surface area contributed by atoms with E-state index in [0.717, 1.165) is 5.56 Å². The molecule has 0 radical (unpaired) electrons. The van der Waals surface area contributed by atoms with Crippen LogP contribution in [-0.4, -0.2) is 54.2 Å². The van der Waals surface area contributed by atoms with Gasteiger partial charge in [-0.15, -0.1) is 0 Å². The van der Waals surface area contributed by atoms with Gasteiger partial charge in [-0.05, 0) is 24.1 Å². The number of hydrogen-bond donors (Lipinski definition) is 1. The number of amides is 1. The Morgan fingerprint density at radius 1 is 1.16 bits per heavy atom. The summed E-state index contributed by atoms with van der Waals surface area (Å²) in [6, 6.07) is 18.9. The average Bonchev–Trinajstić information content (AvgIpc) is 2.81. The fraction of sp³-hybridized carbons (Fsp3) is 0.440. The van der Waals surface area contributed by atoms with Crippen molar-refractivity contribution in [3.05, 3.63) is 66.2 Å². The maximum Gasteiger partial charge on any atom is 0.332 e. The fourth-order valence-corrected chi connectivity index (χ4v) is 4.63. The number of para-hydroxylation sites is 1. The molecule has 3 rings (SSSR count). The molecule has 3 atom stereocenters. The molecule has 1 aliphatic rings. The summed E-state index contributed by atoms with van der Waals surface area (Å²) < 4.78 is 5.25. The first-order valence-electron chi connectivity index (χ1n) is 10.9. The summed E-state index contributed by atoms with van der Waals surface area (Å²) in [5, 5.41) is 10.7. The van der Waals surface area contributed by atoms with Gasteiger partial charge in [0.15, 0.2) is 0 Å². The summed E-state index contributed by atoms with van der Waals surface area (Å²) in [4.78, 5) is 30.1. The van der Waals surface area contributed by atoms with Crippen molar-refractivity contribution in [3.63, 3.8) is 0 Å². The molecule has 2 aromatic rings. The Balaban J connectivity index is 1.88. The number of likely N-dealkylation sites (tertiary alicyclic amines) is 1. The van der Waals surface area contributed by atoms with Crippen LogP contribution in [0.25, 0.3) is 0 Å². The van der Waals surface area contributed by atoms with Crippen LogP contribution in [0.5, 0.6) is 0 Å². The quantitative estimate of drug-likeness (QED) is 0.690. The minimum Gasteiger partial charge on any atom is -0.467 e. The summed E-state index contributed by atoms with van der Waals surface area (Å²) in [6.45, 7) is 5.40. The van der Waals surface area contributed by atoms with E-state index < -0.39 is 17.6 Å². The summed E-state index contributed by atoms with van der Waals surface area (Å²) in [5.41, 5.74) is 0.480. The van der Waals surface area contributed by atoms with Crippen molar-refractivity contribution in [2.75, 3.05) is 31.6 Å². The van der Waals surface area contributed by atoms with Crippen LogP contribution >= 0.6 is 0 Å². The topological polar surface area (TPSA) is 70.1 Å². The van der Waals surface area contributed by atoms with Crippen LogP contribution in [0.15, 0.2) is 60.7 Å². The smallest absolute Gasteiger partial charge is 0.332 e. The number of hydrogen-bond acceptors (Lipinski definition) is 5. The molecule has 0 saturated carbocycles. The Labute approximate surface area is 184 Å². The molecular weight excluding hydrogens is 392 g/mol. The number of carbonyl (C=O) groups is 2. The Bertz CT molecular complexity index is 874. The van der Waals surface area contributed by atoms with Crippen LogP contribution < -0.4 is 4.90 Å². The molecule has 1 amide bonds. The van der Waals surface area contributed by atoms with Crippen molar-refractivity contribution < 1.29 is 19.4 Å². The van der Waals surface area contributed by atoms with Gasteiger partial charge in [-0.3, -0.25) is 14.6 Å². The van der Waals surface area contributed by atoms with Crippen molar-refractivity contribution in [3.8, 4) is 0 Å². The van der Waals surface area contributed by atoms with Gasteiger partial charge in [0.2, 0.25) is 5.91 Å². The Kier molecular flexibility index (Phi) is 7.46. The number of benzene rings is 2. The summed E-state index contributed by atoms with van der Waals surface area (Å²) in [7, 11) is 1.38. The molecule has 2 aromatic carbocycles. The molecule has 0 aliphatic carbocycles. The van der Waals surface area contributed by atoms with E-state index in [1.807, 2.05) is 67.6 Å². The van der Waals surface area contributed by atoms with Gasteiger partial charge in [0.1, 0.15) is 5.54 Å². The number of rotatable bonds is 7. The van der Waals surface area contributed by atoms with Crippen LogP contribution in [0.4, 0.5) is 5.69 Å². The number of β-amino-alcohol motifs (C(OH)–C–C–N with tert-alkyl or cyclic N) is 1. The third-order valence-corrected chi connectivity index (χ3v) is 6.28. The molecule has 166 valence electrons. The Morgan fingerprint density at radius 3 is 2.32 bits per heavy atom. The number of anilines is 1. The predicted octanol–water partition coefficient (Wildman–Crippen LogP) is 3.42. The first-order valence-corrected chi connectivity index (χ1v) is 10.9. The van der Waals surface area contributed by atoms with Gasteiger partial charge in [-0.1, -0.05) is 62.4 Å². The van der Waals surface area contributed by atoms with Gasteiger partial charge in [0.25, 0.3) is 0 Å². The lowest BCUT2D eigenvalue weighted by atomic mass is 9.76. The monoisotopic (exact) mass is 424 g/mol. The highest BCUT2D eigenvalue weighted by Crippen LogP contribution is 2.39. The second kappa shape index (κ2) is 10.1. The molecule has 6 nitrogen and oxygen atoms in total. The lowest BCUT2D eigenvalue weighted by Gasteiger charge is -2.50. The van der Waals surface area contributed by atoms with E-state index in [2.05, 4.69) is 4.90 Å². The zero-order valence-electron chi connectivity index (χ0n) is 18.5. The number of nitrogens with zero attached hydrogens (tertiary/aromatic N) is 2. The van der Waals surface area contributed by atoms with Crippen LogP contribution in [0.3, 0.4) is 0 Å². The molecule has 31 heavy (non-hydrogen) atoms. The van der Waals surface area contributed by atoms with E-state index in [4.69, 9.17) is 4.74 Å². The minimum absolute atomic E-state index is 0.110. The number of carbonyl (C=O) groups excluding carboxylic acids is 2. The zero-order chi connectivity index (χ0) is 22.4. The standard InChI is InChI=1S/C25H32N2O4/c1-4-23(29)27(21-13-9-6-10-14-21)25(24(30)31-3)15-16-26(17-19(25)2)18-22(28)20-11-7-5-8-12-20/h5-14,19,22,28H,4,15-18H2,1-3H3/t19-,22?,25-/m1/s1. The van der Waals surface area contributed by atoms with Crippen molar-refractivity contribution in [2.45, 2.75) is 38.3 Å². The summed E-state index contributed by atoms with van der Waals surface area (Å²) in [6.07, 6.45) is 0.112. The Hall–Kier alpha value is -2.70. The molecule has 1 heterocycles. The van der Waals surface area contributed by atoms with Crippen LogP contribution in [0.2, 0.25) is 0 Å². The largest absolute Gasteiger partial charge is 0.467 e. The third-order valence-electron chi connectivity index (χ3n) is 6.28. The van der Waals surface area contributed by atoms with Crippen molar-refractivity contribution in [1.29, 1.82) is 0 Å². The molecule has 1 unspecified atom stereocenters. The van der Waals surface area contributed by atoms with Gasteiger partial charge in [-0.2, -0.15) is 0 Å². The summed E-state index contributed by atoms with van der Waals surface area (Å²) in [5.74, 6) is -0.692. The third kappa shape index (κ3) is 4.65. The highest BCUT2D eigenvalue weighted by atomic mass is 16.5. The normalized spacial score (nSPS) is 22.5.